The Kier molecular flexibility index (Phi) is 3.15. The molecule has 0 saturated carbocycles. The summed E-state index contributed by atoms with van der Waals surface area (Å²) in [7, 11) is 0. The molecule has 2 rings (SSSR count). The van der Waals surface area contributed by atoms with Gasteiger partial charge in [-0.25, -0.2) is 0 Å². The third-order valence-electron chi connectivity index (χ3n) is 1.91. The van der Waals surface area contributed by atoms with Crippen molar-refractivity contribution in [1.82, 2.24) is 0 Å². The van der Waals surface area contributed by atoms with Gasteiger partial charge < -0.3 is 4.74 Å². The first-order valence-electron chi connectivity index (χ1n) is 4.61. The fourth-order valence-electron chi connectivity index (χ4n) is 1.17. The third kappa shape index (κ3) is 2.67. The van der Waals surface area contributed by atoms with E-state index in [1.807, 2.05) is 41.8 Å². The van der Waals surface area contributed by atoms with Crippen molar-refractivity contribution in [2.45, 2.75) is 0 Å². The smallest absolute Gasteiger partial charge is 0.210 e. The van der Waals surface area contributed by atoms with Crippen molar-refractivity contribution in [1.29, 1.82) is 0 Å². The Morgan fingerprint density at radius 1 is 1.13 bits per heavy atom. The Labute approximate surface area is 92.1 Å². The van der Waals surface area contributed by atoms with Crippen LogP contribution in [0.4, 0.5) is 0 Å². The van der Waals surface area contributed by atoms with Crippen LogP contribution in [-0.2, 0) is 0 Å². The fraction of sp³-hybridized carbons (Fsp3) is 0.0833. The van der Waals surface area contributed by atoms with Gasteiger partial charge in [0.25, 0.3) is 0 Å². The van der Waals surface area contributed by atoms with E-state index < -0.39 is 0 Å². The van der Waals surface area contributed by atoms with E-state index in [0.29, 0.717) is 0 Å². The highest BCUT2D eigenvalue weighted by molar-refractivity contribution is 7.12. The molecule has 0 N–H and O–H groups in total. The molecule has 0 atom stereocenters. The summed E-state index contributed by atoms with van der Waals surface area (Å²) >= 11 is 1.44. The molecule has 0 aliphatic heterocycles. The van der Waals surface area contributed by atoms with Gasteiger partial charge in [-0.15, -0.1) is 11.3 Å². The predicted molar refractivity (Wildman–Crippen MR) is 60.6 cm³/mol. The summed E-state index contributed by atoms with van der Waals surface area (Å²) < 4.78 is 5.35. The highest BCUT2D eigenvalue weighted by Crippen LogP contribution is 2.12. The first-order chi connectivity index (χ1) is 7.36. The average molecular weight is 218 g/mol. The molecule has 15 heavy (non-hydrogen) atoms. The fourth-order valence-corrected chi connectivity index (χ4v) is 1.83. The van der Waals surface area contributed by atoms with E-state index in [1.165, 1.54) is 11.3 Å². The second kappa shape index (κ2) is 4.75. The number of Topliss-reactive ketones (excluding diaryl/α,β-unsaturated/α-hetero) is 1. The normalized spacial score (nSPS) is 9.87. The first kappa shape index (κ1) is 9.93. The SMILES string of the molecule is O=C(COc1ccccc1)c1cccs1. The average Bonchev–Trinajstić information content (AvgIpc) is 2.81. The molecule has 2 aromatic rings. The van der Waals surface area contributed by atoms with Crippen LogP contribution in [0.1, 0.15) is 9.67 Å². The number of ether oxygens (including phenoxy) is 1. The predicted octanol–water partition coefficient (Wildman–Crippen LogP) is 3.01. The summed E-state index contributed by atoms with van der Waals surface area (Å²) in [6.45, 7) is 0.102. The maximum absolute atomic E-state index is 11.6. The molecule has 0 bridgehead atoms. The van der Waals surface area contributed by atoms with E-state index in [-0.39, 0.29) is 12.4 Å². The van der Waals surface area contributed by atoms with E-state index in [4.69, 9.17) is 4.74 Å². The lowest BCUT2D eigenvalue weighted by molar-refractivity contribution is 0.0925. The van der Waals surface area contributed by atoms with Gasteiger partial charge in [-0.05, 0) is 23.6 Å². The molecule has 1 aromatic carbocycles. The first-order valence-corrected chi connectivity index (χ1v) is 5.49. The van der Waals surface area contributed by atoms with Crippen molar-refractivity contribution in [2.75, 3.05) is 6.61 Å². The third-order valence-corrected chi connectivity index (χ3v) is 2.82. The molecule has 0 amide bonds. The quantitative estimate of drug-likeness (QED) is 0.737. The van der Waals surface area contributed by atoms with Crippen molar-refractivity contribution in [2.24, 2.45) is 0 Å². The Bertz CT molecular complexity index is 420. The van der Waals surface area contributed by atoms with Gasteiger partial charge in [0.1, 0.15) is 5.75 Å². The van der Waals surface area contributed by atoms with Gasteiger partial charge in [0.05, 0.1) is 4.88 Å². The summed E-state index contributed by atoms with van der Waals surface area (Å²) in [5.41, 5.74) is 0. The second-order valence-corrected chi connectivity index (χ2v) is 3.95. The second-order valence-electron chi connectivity index (χ2n) is 3.00. The Morgan fingerprint density at radius 2 is 1.93 bits per heavy atom. The molecular weight excluding hydrogens is 208 g/mol. The van der Waals surface area contributed by atoms with Crippen LogP contribution in [0.2, 0.25) is 0 Å². The van der Waals surface area contributed by atoms with Gasteiger partial charge in [0, 0.05) is 0 Å². The number of benzene rings is 1. The Balaban J connectivity index is 1.92. The molecule has 0 aliphatic rings. The summed E-state index contributed by atoms with van der Waals surface area (Å²) in [5.74, 6) is 0.747. The summed E-state index contributed by atoms with van der Waals surface area (Å²) in [4.78, 5) is 12.3. The van der Waals surface area contributed by atoms with Crippen LogP contribution in [0.15, 0.2) is 47.8 Å². The number of carbonyl (C=O) groups excluding carboxylic acids is 1. The van der Waals surface area contributed by atoms with Crippen LogP contribution < -0.4 is 4.74 Å². The highest BCUT2D eigenvalue weighted by atomic mass is 32.1. The van der Waals surface area contributed by atoms with Gasteiger partial charge in [-0.2, -0.15) is 0 Å². The molecule has 0 spiro atoms. The topological polar surface area (TPSA) is 26.3 Å². The minimum Gasteiger partial charge on any atom is -0.485 e. The van der Waals surface area contributed by atoms with Crippen molar-refractivity contribution in [3.8, 4) is 5.75 Å². The molecular formula is C12H10O2S. The maximum Gasteiger partial charge on any atom is 0.210 e. The molecule has 0 radical (unpaired) electrons. The monoisotopic (exact) mass is 218 g/mol. The summed E-state index contributed by atoms with van der Waals surface area (Å²) in [5, 5.41) is 1.88. The van der Waals surface area contributed by atoms with E-state index >= 15 is 0 Å². The van der Waals surface area contributed by atoms with Crippen LogP contribution in [0.5, 0.6) is 5.75 Å². The van der Waals surface area contributed by atoms with E-state index in [9.17, 15) is 4.79 Å². The molecule has 0 fully saturated rings. The van der Waals surface area contributed by atoms with Crippen LogP contribution in [-0.4, -0.2) is 12.4 Å². The highest BCUT2D eigenvalue weighted by Gasteiger charge is 2.06. The number of ketones is 1. The number of para-hydroxylation sites is 1. The molecule has 76 valence electrons. The minimum absolute atomic E-state index is 0.0221. The minimum atomic E-state index is 0.0221. The zero-order chi connectivity index (χ0) is 10.5. The molecule has 1 aromatic heterocycles. The zero-order valence-electron chi connectivity index (χ0n) is 8.05. The van der Waals surface area contributed by atoms with Gasteiger partial charge in [-0.1, -0.05) is 24.3 Å². The number of hydrogen-bond acceptors (Lipinski definition) is 3. The van der Waals surface area contributed by atoms with E-state index in [1.54, 1.807) is 6.07 Å². The van der Waals surface area contributed by atoms with Crippen LogP contribution in [0.3, 0.4) is 0 Å². The van der Waals surface area contributed by atoms with Crippen molar-refractivity contribution >= 4 is 17.1 Å². The van der Waals surface area contributed by atoms with E-state index in [0.717, 1.165) is 10.6 Å². The number of rotatable bonds is 4. The molecule has 3 heteroatoms. The van der Waals surface area contributed by atoms with Crippen LogP contribution in [0, 0.1) is 0 Å². The van der Waals surface area contributed by atoms with Crippen LogP contribution in [0.25, 0.3) is 0 Å². The van der Waals surface area contributed by atoms with Gasteiger partial charge >= 0.3 is 0 Å². The van der Waals surface area contributed by atoms with Gasteiger partial charge in [0.15, 0.2) is 6.61 Å². The van der Waals surface area contributed by atoms with Gasteiger partial charge in [-0.3, -0.25) is 4.79 Å². The van der Waals surface area contributed by atoms with Crippen molar-refractivity contribution in [3.63, 3.8) is 0 Å². The molecule has 2 nitrogen and oxygen atoms in total. The number of thiophene rings is 1. The summed E-state index contributed by atoms with van der Waals surface area (Å²) in [6.07, 6.45) is 0. The standard InChI is InChI=1S/C12H10O2S/c13-11(12-7-4-8-15-12)9-14-10-5-2-1-3-6-10/h1-8H,9H2. The molecule has 0 saturated heterocycles. The van der Waals surface area contributed by atoms with Crippen molar-refractivity contribution in [3.05, 3.63) is 52.7 Å². The lowest BCUT2D eigenvalue weighted by Gasteiger charge is -2.03. The number of carbonyl (C=O) groups is 1. The number of hydrogen-bond donors (Lipinski definition) is 0. The molecule has 0 aliphatic carbocycles. The Hall–Kier alpha value is -1.61. The molecule has 0 unspecified atom stereocenters. The van der Waals surface area contributed by atoms with Gasteiger partial charge in [0.2, 0.25) is 5.78 Å². The Morgan fingerprint density at radius 3 is 2.60 bits per heavy atom. The molecule has 1 heterocycles. The largest absolute Gasteiger partial charge is 0.485 e. The lowest BCUT2D eigenvalue weighted by atomic mass is 10.3. The zero-order valence-corrected chi connectivity index (χ0v) is 8.87. The van der Waals surface area contributed by atoms with Crippen LogP contribution >= 0.6 is 11.3 Å². The van der Waals surface area contributed by atoms with E-state index in [2.05, 4.69) is 0 Å². The maximum atomic E-state index is 11.6. The van der Waals surface area contributed by atoms with Crippen molar-refractivity contribution < 1.29 is 9.53 Å². The summed E-state index contributed by atoms with van der Waals surface area (Å²) in [6, 6.07) is 13.0. The lowest BCUT2D eigenvalue weighted by Crippen LogP contribution is -2.09.